The number of carbonyl (C=O) groups is 1. The van der Waals surface area contributed by atoms with Crippen molar-refractivity contribution < 1.29 is 18.8 Å². The van der Waals surface area contributed by atoms with Gasteiger partial charge in [-0.25, -0.2) is 4.99 Å². The van der Waals surface area contributed by atoms with Crippen molar-refractivity contribution in [2.24, 2.45) is 4.99 Å². The number of amides is 1. The first-order valence-electron chi connectivity index (χ1n) is 7.65. The van der Waals surface area contributed by atoms with Crippen LogP contribution in [0.5, 0.6) is 5.75 Å². The van der Waals surface area contributed by atoms with Gasteiger partial charge < -0.3 is 19.4 Å². The number of benzene rings is 1. The molecule has 122 valence electrons. The number of amidine groups is 1. The SMILES string of the molecule is CC(=O)NC1=Nc2cc(B3OC(C)(C)C(C)(C)O3)ccc2OC1. The number of hydrogen-bond acceptors (Lipinski definition) is 5. The van der Waals surface area contributed by atoms with Crippen molar-refractivity contribution in [2.75, 3.05) is 6.61 Å². The van der Waals surface area contributed by atoms with Crippen LogP contribution in [0.15, 0.2) is 23.2 Å². The number of rotatable bonds is 1. The first kappa shape index (κ1) is 16.0. The Morgan fingerprint density at radius 2 is 1.87 bits per heavy atom. The van der Waals surface area contributed by atoms with Crippen LogP contribution in [-0.4, -0.2) is 36.7 Å². The van der Waals surface area contributed by atoms with Gasteiger partial charge in [-0.05, 0) is 45.3 Å². The van der Waals surface area contributed by atoms with Crippen molar-refractivity contribution in [2.45, 2.75) is 45.8 Å². The Kier molecular flexibility index (Phi) is 3.73. The second-order valence-electron chi connectivity index (χ2n) is 6.84. The van der Waals surface area contributed by atoms with Crippen molar-refractivity contribution in [1.82, 2.24) is 5.32 Å². The van der Waals surface area contributed by atoms with Gasteiger partial charge in [0.15, 0.2) is 0 Å². The normalized spacial score (nSPS) is 21.3. The molecule has 1 aromatic carbocycles. The molecular formula is C16H21BN2O4. The van der Waals surface area contributed by atoms with E-state index < -0.39 is 18.3 Å². The average molecular weight is 316 g/mol. The van der Waals surface area contributed by atoms with E-state index in [0.29, 0.717) is 17.3 Å². The molecule has 7 heteroatoms. The highest BCUT2D eigenvalue weighted by atomic mass is 16.7. The molecule has 0 saturated carbocycles. The van der Waals surface area contributed by atoms with Gasteiger partial charge in [-0.3, -0.25) is 4.79 Å². The fourth-order valence-electron chi connectivity index (χ4n) is 2.46. The van der Waals surface area contributed by atoms with E-state index in [4.69, 9.17) is 14.0 Å². The van der Waals surface area contributed by atoms with Gasteiger partial charge in [0.25, 0.3) is 0 Å². The van der Waals surface area contributed by atoms with Crippen molar-refractivity contribution >= 4 is 30.0 Å². The fraction of sp³-hybridized carbons (Fsp3) is 0.500. The minimum Gasteiger partial charge on any atom is -0.483 e. The number of nitrogens with zero attached hydrogens (tertiary/aromatic N) is 1. The number of ether oxygens (including phenoxy) is 1. The summed E-state index contributed by atoms with van der Waals surface area (Å²) in [5, 5.41) is 2.66. The lowest BCUT2D eigenvalue weighted by Crippen LogP contribution is -2.41. The molecule has 2 heterocycles. The van der Waals surface area contributed by atoms with Crippen LogP contribution in [-0.2, 0) is 14.1 Å². The highest BCUT2D eigenvalue weighted by molar-refractivity contribution is 6.62. The monoisotopic (exact) mass is 316 g/mol. The highest BCUT2D eigenvalue weighted by Crippen LogP contribution is 2.37. The lowest BCUT2D eigenvalue weighted by Gasteiger charge is -2.32. The zero-order chi connectivity index (χ0) is 16.8. The lowest BCUT2D eigenvalue weighted by molar-refractivity contribution is -0.117. The van der Waals surface area contributed by atoms with Crippen molar-refractivity contribution in [3.63, 3.8) is 0 Å². The second-order valence-corrected chi connectivity index (χ2v) is 6.84. The van der Waals surface area contributed by atoms with Crippen molar-refractivity contribution in [3.05, 3.63) is 18.2 Å². The minimum absolute atomic E-state index is 0.169. The Morgan fingerprint density at radius 1 is 1.22 bits per heavy atom. The number of nitrogens with one attached hydrogen (secondary N) is 1. The number of hydrogen-bond donors (Lipinski definition) is 1. The molecule has 3 rings (SSSR count). The van der Waals surface area contributed by atoms with Gasteiger partial charge in [-0.1, -0.05) is 6.07 Å². The highest BCUT2D eigenvalue weighted by Gasteiger charge is 2.51. The quantitative estimate of drug-likeness (QED) is 0.798. The van der Waals surface area contributed by atoms with Crippen LogP contribution in [0.3, 0.4) is 0 Å². The summed E-state index contributed by atoms with van der Waals surface area (Å²) in [5.74, 6) is 1.01. The predicted molar refractivity (Wildman–Crippen MR) is 88.6 cm³/mol. The zero-order valence-electron chi connectivity index (χ0n) is 14.1. The summed E-state index contributed by atoms with van der Waals surface area (Å²) in [6, 6.07) is 5.64. The molecule has 0 atom stereocenters. The molecule has 1 N–H and O–H groups in total. The van der Waals surface area contributed by atoms with Gasteiger partial charge >= 0.3 is 7.12 Å². The minimum atomic E-state index is -0.452. The van der Waals surface area contributed by atoms with Crippen molar-refractivity contribution in [3.8, 4) is 5.75 Å². The molecular weight excluding hydrogens is 295 g/mol. The van der Waals surface area contributed by atoms with Crippen LogP contribution in [0.25, 0.3) is 0 Å². The van der Waals surface area contributed by atoms with E-state index in [9.17, 15) is 4.79 Å². The van der Waals surface area contributed by atoms with Gasteiger partial charge in [0.05, 0.1) is 11.2 Å². The summed E-state index contributed by atoms with van der Waals surface area (Å²) in [4.78, 5) is 15.6. The molecule has 1 saturated heterocycles. The summed E-state index contributed by atoms with van der Waals surface area (Å²) < 4.78 is 17.7. The van der Waals surface area contributed by atoms with Gasteiger partial charge in [0.1, 0.15) is 23.9 Å². The number of carbonyl (C=O) groups excluding carboxylic acids is 1. The molecule has 6 nitrogen and oxygen atoms in total. The largest absolute Gasteiger partial charge is 0.494 e. The van der Waals surface area contributed by atoms with Crippen LogP contribution in [0.2, 0.25) is 0 Å². The van der Waals surface area contributed by atoms with E-state index in [2.05, 4.69) is 10.3 Å². The molecule has 23 heavy (non-hydrogen) atoms. The Bertz CT molecular complexity index is 669. The fourth-order valence-corrected chi connectivity index (χ4v) is 2.46. The molecule has 2 aliphatic rings. The summed E-state index contributed by atoms with van der Waals surface area (Å²) in [6.45, 7) is 9.76. The van der Waals surface area contributed by atoms with Gasteiger partial charge in [0, 0.05) is 6.92 Å². The Labute approximate surface area is 136 Å². The van der Waals surface area contributed by atoms with Crippen LogP contribution in [0, 0.1) is 0 Å². The van der Waals surface area contributed by atoms with E-state index >= 15 is 0 Å². The summed E-state index contributed by atoms with van der Waals surface area (Å²) in [6.07, 6.45) is 0. The zero-order valence-corrected chi connectivity index (χ0v) is 14.1. The number of fused-ring (bicyclic) bond motifs is 1. The Hall–Kier alpha value is -1.86. The van der Waals surface area contributed by atoms with E-state index in [-0.39, 0.29) is 12.5 Å². The Morgan fingerprint density at radius 3 is 2.48 bits per heavy atom. The van der Waals surface area contributed by atoms with E-state index in [1.807, 2.05) is 45.9 Å². The van der Waals surface area contributed by atoms with Gasteiger partial charge in [0.2, 0.25) is 5.91 Å². The third-order valence-corrected chi connectivity index (χ3v) is 4.45. The molecule has 1 amide bonds. The first-order valence-corrected chi connectivity index (χ1v) is 7.65. The molecule has 0 aromatic heterocycles. The first-order chi connectivity index (χ1) is 10.7. The molecule has 2 aliphatic heterocycles. The Balaban J connectivity index is 1.88. The molecule has 0 spiro atoms. The lowest BCUT2D eigenvalue weighted by atomic mass is 9.79. The van der Waals surface area contributed by atoms with Crippen LogP contribution >= 0.6 is 0 Å². The molecule has 0 aliphatic carbocycles. The van der Waals surface area contributed by atoms with E-state index in [0.717, 1.165) is 5.46 Å². The van der Waals surface area contributed by atoms with E-state index in [1.54, 1.807) is 0 Å². The topological polar surface area (TPSA) is 69.2 Å². The van der Waals surface area contributed by atoms with Crippen molar-refractivity contribution in [1.29, 1.82) is 0 Å². The molecule has 1 aromatic rings. The standard InChI is InChI=1S/C16H21BN2O4/c1-10(20)18-14-9-21-13-7-6-11(8-12(13)19-14)17-22-15(2,3)16(4,5)23-17/h6-8H,9H2,1-5H3,(H,18,19,20). The number of aliphatic imine (C=N–C) groups is 1. The second kappa shape index (κ2) is 5.35. The molecule has 0 radical (unpaired) electrons. The molecule has 1 fully saturated rings. The molecule has 0 bridgehead atoms. The van der Waals surface area contributed by atoms with Crippen LogP contribution in [0.4, 0.5) is 5.69 Å². The maximum absolute atomic E-state index is 11.2. The third kappa shape index (κ3) is 2.98. The summed E-state index contributed by atoms with van der Waals surface area (Å²) in [7, 11) is -0.452. The molecule has 0 unspecified atom stereocenters. The maximum atomic E-state index is 11.2. The average Bonchev–Trinajstić information content (AvgIpc) is 2.66. The van der Waals surface area contributed by atoms with Crippen LogP contribution in [0.1, 0.15) is 34.6 Å². The smallest absolute Gasteiger partial charge is 0.483 e. The van der Waals surface area contributed by atoms with Gasteiger partial charge in [-0.2, -0.15) is 0 Å². The third-order valence-electron chi connectivity index (χ3n) is 4.45. The predicted octanol–water partition coefficient (Wildman–Crippen LogP) is 1.54. The summed E-state index contributed by atoms with van der Waals surface area (Å²) in [5.41, 5.74) is 0.745. The maximum Gasteiger partial charge on any atom is 0.494 e. The van der Waals surface area contributed by atoms with Crippen LogP contribution < -0.4 is 15.5 Å². The summed E-state index contributed by atoms with van der Waals surface area (Å²) >= 11 is 0. The van der Waals surface area contributed by atoms with Gasteiger partial charge in [-0.15, -0.1) is 0 Å². The van der Waals surface area contributed by atoms with E-state index in [1.165, 1.54) is 6.92 Å².